The van der Waals surface area contributed by atoms with E-state index in [1.165, 1.54) is 0 Å². The minimum atomic E-state index is -0.860. The van der Waals surface area contributed by atoms with E-state index in [2.05, 4.69) is 10.6 Å². The molecule has 1 aromatic heterocycles. The molecule has 1 aromatic carbocycles. The average Bonchev–Trinajstić information content (AvgIpc) is 2.90. The quantitative estimate of drug-likeness (QED) is 0.888. The third-order valence-electron chi connectivity index (χ3n) is 3.10. The molecule has 2 N–H and O–H groups in total. The molecule has 0 saturated heterocycles. The van der Waals surface area contributed by atoms with Crippen LogP contribution in [0.4, 0.5) is 8.78 Å². The molecular weight excluding hydrogens is 306 g/mol. The van der Waals surface area contributed by atoms with Crippen molar-refractivity contribution in [2.24, 2.45) is 0 Å². The number of nitrogens with one attached hydrogen (secondary N) is 2. The maximum Gasteiger partial charge on any atom is 0.251 e. The van der Waals surface area contributed by atoms with E-state index in [9.17, 15) is 18.4 Å². The highest BCUT2D eigenvalue weighted by Gasteiger charge is 2.14. The molecule has 23 heavy (non-hydrogen) atoms. The molecule has 1 unspecified atom stereocenters. The number of hydrogen-bond donors (Lipinski definition) is 2. The Bertz CT molecular complexity index is 708. The van der Waals surface area contributed by atoms with Gasteiger partial charge in [0.2, 0.25) is 5.91 Å². The van der Waals surface area contributed by atoms with Crippen LogP contribution in [0.2, 0.25) is 0 Å². The Balaban J connectivity index is 1.87. The Kier molecular flexibility index (Phi) is 5.10. The minimum Gasteiger partial charge on any atom is -0.464 e. The molecule has 0 saturated carbocycles. The van der Waals surface area contributed by atoms with Gasteiger partial charge in [0.05, 0.1) is 12.6 Å². The molecule has 2 rings (SSSR count). The third-order valence-corrected chi connectivity index (χ3v) is 3.10. The fourth-order valence-corrected chi connectivity index (χ4v) is 2.00. The van der Waals surface area contributed by atoms with Crippen LogP contribution in [0.15, 0.2) is 34.7 Å². The van der Waals surface area contributed by atoms with Crippen LogP contribution in [0.25, 0.3) is 0 Å². The number of hydrogen-bond acceptors (Lipinski definition) is 3. The summed E-state index contributed by atoms with van der Waals surface area (Å²) in [6.45, 7) is 3.21. The van der Waals surface area contributed by atoms with Crippen LogP contribution in [0.5, 0.6) is 0 Å². The molecule has 122 valence electrons. The van der Waals surface area contributed by atoms with Crippen molar-refractivity contribution in [3.05, 3.63) is 59.1 Å². The van der Waals surface area contributed by atoms with Crippen molar-refractivity contribution < 1.29 is 22.8 Å². The van der Waals surface area contributed by atoms with Crippen LogP contribution in [-0.2, 0) is 4.79 Å². The number of carbonyl (C=O) groups is 2. The molecule has 2 aromatic rings. The van der Waals surface area contributed by atoms with Gasteiger partial charge in [-0.25, -0.2) is 8.78 Å². The number of aryl methyl sites for hydroxylation is 1. The fraction of sp³-hybridized carbons (Fsp3) is 0.250. The van der Waals surface area contributed by atoms with Gasteiger partial charge < -0.3 is 15.1 Å². The third kappa shape index (κ3) is 4.64. The summed E-state index contributed by atoms with van der Waals surface area (Å²) >= 11 is 0. The second-order valence-electron chi connectivity index (χ2n) is 5.08. The van der Waals surface area contributed by atoms with Gasteiger partial charge in [-0.1, -0.05) is 0 Å². The van der Waals surface area contributed by atoms with Gasteiger partial charge in [0.25, 0.3) is 5.91 Å². The number of benzene rings is 1. The minimum absolute atomic E-state index is 0.190. The molecule has 5 nitrogen and oxygen atoms in total. The summed E-state index contributed by atoms with van der Waals surface area (Å²) < 4.78 is 31.5. The first-order valence-corrected chi connectivity index (χ1v) is 6.95. The van der Waals surface area contributed by atoms with E-state index < -0.39 is 23.4 Å². The summed E-state index contributed by atoms with van der Waals surface area (Å²) in [4.78, 5) is 23.6. The molecule has 1 heterocycles. The van der Waals surface area contributed by atoms with E-state index in [-0.39, 0.29) is 18.2 Å². The monoisotopic (exact) mass is 322 g/mol. The predicted molar refractivity (Wildman–Crippen MR) is 78.7 cm³/mol. The molecule has 0 aliphatic rings. The van der Waals surface area contributed by atoms with Crippen molar-refractivity contribution in [3.8, 4) is 0 Å². The lowest BCUT2D eigenvalue weighted by Gasteiger charge is -2.12. The largest absolute Gasteiger partial charge is 0.464 e. The lowest BCUT2D eigenvalue weighted by Crippen LogP contribution is -2.38. The first kappa shape index (κ1) is 16.7. The molecular formula is C16H16F2N2O3. The smallest absolute Gasteiger partial charge is 0.251 e. The van der Waals surface area contributed by atoms with E-state index in [1.807, 2.05) is 0 Å². The van der Waals surface area contributed by atoms with Gasteiger partial charge in [-0.15, -0.1) is 0 Å². The lowest BCUT2D eigenvalue weighted by atomic mass is 10.2. The Labute approximate surface area is 131 Å². The van der Waals surface area contributed by atoms with Crippen molar-refractivity contribution in [1.29, 1.82) is 0 Å². The normalized spacial score (nSPS) is 11.8. The highest BCUT2D eigenvalue weighted by atomic mass is 19.1. The van der Waals surface area contributed by atoms with Crippen LogP contribution in [0.1, 0.15) is 34.8 Å². The molecule has 7 heteroatoms. The van der Waals surface area contributed by atoms with E-state index in [0.29, 0.717) is 11.8 Å². The highest BCUT2D eigenvalue weighted by Crippen LogP contribution is 2.15. The van der Waals surface area contributed by atoms with Gasteiger partial charge >= 0.3 is 0 Å². The lowest BCUT2D eigenvalue weighted by molar-refractivity contribution is -0.120. The van der Waals surface area contributed by atoms with Gasteiger partial charge in [-0.2, -0.15) is 0 Å². The Hall–Kier alpha value is -2.70. The predicted octanol–water partition coefficient (Wildman–Crippen LogP) is 2.47. The van der Waals surface area contributed by atoms with Crippen molar-refractivity contribution in [2.75, 3.05) is 6.54 Å². The van der Waals surface area contributed by atoms with Gasteiger partial charge in [0.15, 0.2) is 0 Å². The van der Waals surface area contributed by atoms with Crippen molar-refractivity contribution in [3.63, 3.8) is 0 Å². The van der Waals surface area contributed by atoms with Gasteiger partial charge in [-0.3, -0.25) is 9.59 Å². The zero-order chi connectivity index (χ0) is 17.0. The maximum atomic E-state index is 13.0. The molecule has 0 spiro atoms. The number of carbonyl (C=O) groups excluding carboxylic acids is 2. The first-order valence-electron chi connectivity index (χ1n) is 6.95. The Morgan fingerprint density at radius 2 is 1.83 bits per heavy atom. The van der Waals surface area contributed by atoms with Crippen LogP contribution in [-0.4, -0.2) is 18.4 Å². The van der Waals surface area contributed by atoms with Crippen LogP contribution in [0, 0.1) is 18.6 Å². The second kappa shape index (κ2) is 7.04. The molecule has 0 radical (unpaired) electrons. The van der Waals surface area contributed by atoms with Gasteiger partial charge in [0.1, 0.15) is 23.2 Å². The van der Waals surface area contributed by atoms with Gasteiger partial charge in [0, 0.05) is 11.6 Å². The van der Waals surface area contributed by atoms with Crippen LogP contribution < -0.4 is 10.6 Å². The zero-order valence-electron chi connectivity index (χ0n) is 12.7. The highest BCUT2D eigenvalue weighted by molar-refractivity contribution is 5.96. The number of amides is 2. The fourth-order valence-electron chi connectivity index (χ4n) is 2.00. The van der Waals surface area contributed by atoms with E-state index in [0.717, 1.165) is 17.9 Å². The summed E-state index contributed by atoms with van der Waals surface area (Å²) in [6, 6.07) is 5.61. The number of halogens is 2. The maximum absolute atomic E-state index is 13.0. The molecule has 0 bridgehead atoms. The molecule has 2 amide bonds. The molecule has 0 aliphatic carbocycles. The number of furan rings is 1. The van der Waals surface area contributed by atoms with Crippen molar-refractivity contribution in [1.82, 2.24) is 10.6 Å². The van der Waals surface area contributed by atoms with E-state index >= 15 is 0 Å². The summed E-state index contributed by atoms with van der Waals surface area (Å²) in [7, 11) is 0. The van der Waals surface area contributed by atoms with Gasteiger partial charge in [-0.05, 0) is 38.1 Å². The molecule has 1 atom stereocenters. The second-order valence-corrected chi connectivity index (χ2v) is 5.08. The molecule has 0 aliphatic heterocycles. The topological polar surface area (TPSA) is 71.3 Å². The van der Waals surface area contributed by atoms with Crippen molar-refractivity contribution in [2.45, 2.75) is 19.9 Å². The first-order chi connectivity index (χ1) is 10.8. The van der Waals surface area contributed by atoms with Crippen LogP contribution >= 0.6 is 0 Å². The summed E-state index contributed by atoms with van der Waals surface area (Å²) in [5.41, 5.74) is -0.190. The standard InChI is InChI=1S/C16H16F2N2O3/c1-9-3-4-14(23-9)10(2)20-15(21)8-19-16(22)11-5-12(17)7-13(18)6-11/h3-7,10H,8H2,1-2H3,(H,19,22)(H,20,21). The average molecular weight is 322 g/mol. The summed E-state index contributed by atoms with van der Waals surface area (Å²) in [5, 5.41) is 4.94. The SMILES string of the molecule is Cc1ccc(C(C)NC(=O)CNC(=O)c2cc(F)cc(F)c2)o1. The Morgan fingerprint density at radius 3 is 2.39 bits per heavy atom. The summed E-state index contributed by atoms with van der Waals surface area (Å²) in [5.74, 6) is -1.59. The Morgan fingerprint density at radius 1 is 1.17 bits per heavy atom. The molecule has 0 fully saturated rings. The van der Waals surface area contributed by atoms with Crippen LogP contribution in [0.3, 0.4) is 0 Å². The van der Waals surface area contributed by atoms with E-state index in [1.54, 1.807) is 26.0 Å². The van der Waals surface area contributed by atoms with E-state index in [4.69, 9.17) is 4.42 Å². The number of rotatable bonds is 5. The summed E-state index contributed by atoms with van der Waals surface area (Å²) in [6.07, 6.45) is 0. The van der Waals surface area contributed by atoms with Crippen molar-refractivity contribution >= 4 is 11.8 Å². The zero-order valence-corrected chi connectivity index (χ0v) is 12.7.